The molecule has 108 valence electrons. The van der Waals surface area contributed by atoms with Gasteiger partial charge in [-0.2, -0.15) is 0 Å². The Kier molecular flexibility index (Phi) is 4.42. The molecule has 19 heavy (non-hydrogen) atoms. The highest BCUT2D eigenvalue weighted by Gasteiger charge is 2.38. The van der Waals surface area contributed by atoms with Crippen molar-refractivity contribution >= 4 is 11.9 Å². The fourth-order valence-electron chi connectivity index (χ4n) is 2.87. The third kappa shape index (κ3) is 3.06. The highest BCUT2D eigenvalue weighted by Crippen LogP contribution is 2.22. The zero-order valence-electron chi connectivity index (χ0n) is 11.5. The van der Waals surface area contributed by atoms with Crippen molar-refractivity contribution in [2.75, 3.05) is 26.2 Å². The van der Waals surface area contributed by atoms with Crippen molar-refractivity contribution in [3.8, 4) is 0 Å². The van der Waals surface area contributed by atoms with Gasteiger partial charge in [0.05, 0.1) is 0 Å². The van der Waals surface area contributed by atoms with Gasteiger partial charge in [0.15, 0.2) is 6.10 Å². The molecular formula is C13H22N2O4. The number of carboxylic acids is 1. The molecule has 0 aromatic rings. The Hall–Kier alpha value is -1.14. The van der Waals surface area contributed by atoms with Crippen LogP contribution in [0.2, 0.25) is 0 Å². The van der Waals surface area contributed by atoms with Crippen molar-refractivity contribution < 1.29 is 19.4 Å². The van der Waals surface area contributed by atoms with E-state index in [1.165, 1.54) is 0 Å². The van der Waals surface area contributed by atoms with E-state index in [1.807, 2.05) is 4.90 Å². The highest BCUT2D eigenvalue weighted by molar-refractivity contribution is 5.82. The number of hydrogen-bond acceptors (Lipinski definition) is 4. The highest BCUT2D eigenvalue weighted by atomic mass is 16.5. The maximum atomic E-state index is 12.3. The standard InChI is InChI=1S/C13H22N2O4/c1-3-14-6-7-15(8-9(14)2)12(16)10-4-5-11(19-10)13(17)18/h9-11H,3-8H2,1-2H3,(H,17,18). The average Bonchev–Trinajstić information content (AvgIpc) is 2.87. The van der Waals surface area contributed by atoms with Crippen LogP contribution in [0.15, 0.2) is 0 Å². The van der Waals surface area contributed by atoms with Crippen LogP contribution < -0.4 is 0 Å². The van der Waals surface area contributed by atoms with Crippen LogP contribution >= 0.6 is 0 Å². The summed E-state index contributed by atoms with van der Waals surface area (Å²) in [6, 6.07) is 0.347. The summed E-state index contributed by atoms with van der Waals surface area (Å²) in [5.41, 5.74) is 0. The molecule has 2 heterocycles. The second-order valence-electron chi connectivity index (χ2n) is 5.29. The lowest BCUT2D eigenvalue weighted by atomic mass is 10.1. The summed E-state index contributed by atoms with van der Waals surface area (Å²) in [5, 5.41) is 8.88. The van der Waals surface area contributed by atoms with Crippen molar-refractivity contribution in [3.63, 3.8) is 0 Å². The van der Waals surface area contributed by atoms with Crippen LogP contribution in [0.25, 0.3) is 0 Å². The Balaban J connectivity index is 1.89. The largest absolute Gasteiger partial charge is 0.479 e. The van der Waals surface area contributed by atoms with Gasteiger partial charge in [-0.15, -0.1) is 0 Å². The van der Waals surface area contributed by atoms with E-state index in [9.17, 15) is 9.59 Å². The van der Waals surface area contributed by atoms with Gasteiger partial charge in [-0.1, -0.05) is 6.92 Å². The molecule has 3 unspecified atom stereocenters. The number of carbonyl (C=O) groups excluding carboxylic acids is 1. The Bertz CT molecular complexity index is 361. The fourth-order valence-corrected chi connectivity index (χ4v) is 2.87. The molecule has 3 atom stereocenters. The predicted octanol–water partition coefficient (Wildman–Crippen LogP) is 0.171. The van der Waals surface area contributed by atoms with Gasteiger partial charge in [-0.3, -0.25) is 9.69 Å². The van der Waals surface area contributed by atoms with E-state index in [0.29, 0.717) is 32.0 Å². The fraction of sp³-hybridized carbons (Fsp3) is 0.846. The first-order valence-electron chi connectivity index (χ1n) is 6.94. The van der Waals surface area contributed by atoms with E-state index in [4.69, 9.17) is 9.84 Å². The summed E-state index contributed by atoms with van der Waals surface area (Å²) in [5.74, 6) is -1.02. The second kappa shape index (κ2) is 5.88. The first-order chi connectivity index (χ1) is 9.02. The molecule has 2 rings (SSSR count). The molecule has 0 aromatic heterocycles. The van der Waals surface area contributed by atoms with Gasteiger partial charge in [0.25, 0.3) is 5.91 Å². The number of likely N-dealkylation sites (N-methyl/N-ethyl adjacent to an activating group) is 1. The number of carboxylic acid groups (broad SMARTS) is 1. The van der Waals surface area contributed by atoms with Crippen LogP contribution in [0, 0.1) is 0 Å². The molecule has 2 aliphatic rings. The Morgan fingerprint density at radius 1 is 1.26 bits per heavy atom. The van der Waals surface area contributed by atoms with Gasteiger partial charge in [0, 0.05) is 25.7 Å². The monoisotopic (exact) mass is 270 g/mol. The Morgan fingerprint density at radius 2 is 1.95 bits per heavy atom. The van der Waals surface area contributed by atoms with E-state index in [2.05, 4.69) is 18.7 Å². The molecule has 0 aliphatic carbocycles. The number of piperazine rings is 1. The van der Waals surface area contributed by atoms with Crippen molar-refractivity contribution in [2.24, 2.45) is 0 Å². The van der Waals surface area contributed by atoms with Crippen LogP contribution in [-0.4, -0.2) is 71.2 Å². The molecule has 2 fully saturated rings. The summed E-state index contributed by atoms with van der Waals surface area (Å²) in [7, 11) is 0. The van der Waals surface area contributed by atoms with Crippen LogP contribution in [0.1, 0.15) is 26.7 Å². The molecule has 6 heteroatoms. The minimum absolute atomic E-state index is 0.0497. The summed E-state index contributed by atoms with van der Waals surface area (Å²) in [6.45, 7) is 7.49. The number of ether oxygens (including phenoxy) is 1. The van der Waals surface area contributed by atoms with Gasteiger partial charge in [-0.05, 0) is 26.3 Å². The first-order valence-corrected chi connectivity index (χ1v) is 6.94. The quantitative estimate of drug-likeness (QED) is 0.791. The van der Waals surface area contributed by atoms with Gasteiger partial charge in [0.2, 0.25) is 0 Å². The predicted molar refractivity (Wildman–Crippen MR) is 68.8 cm³/mol. The smallest absolute Gasteiger partial charge is 0.332 e. The molecule has 6 nitrogen and oxygen atoms in total. The van der Waals surface area contributed by atoms with E-state index in [0.717, 1.165) is 13.1 Å². The van der Waals surface area contributed by atoms with Crippen LogP contribution in [0.3, 0.4) is 0 Å². The van der Waals surface area contributed by atoms with Gasteiger partial charge < -0.3 is 14.7 Å². The normalized spacial score (nSPS) is 32.5. The minimum atomic E-state index is -0.973. The average molecular weight is 270 g/mol. The number of amides is 1. The first kappa shape index (κ1) is 14.3. The lowest BCUT2D eigenvalue weighted by Crippen LogP contribution is -2.55. The third-order valence-corrected chi connectivity index (χ3v) is 4.05. The molecule has 1 N–H and O–H groups in total. The van der Waals surface area contributed by atoms with Crippen LogP contribution in [-0.2, 0) is 14.3 Å². The molecule has 2 aliphatic heterocycles. The third-order valence-electron chi connectivity index (χ3n) is 4.05. The van der Waals surface area contributed by atoms with Crippen LogP contribution in [0.4, 0.5) is 0 Å². The summed E-state index contributed by atoms with van der Waals surface area (Å²) in [6.07, 6.45) is -0.446. The lowest BCUT2D eigenvalue weighted by molar-refractivity contribution is -0.155. The maximum absolute atomic E-state index is 12.3. The molecule has 0 aromatic carbocycles. The summed E-state index contributed by atoms with van der Waals surface area (Å²) >= 11 is 0. The molecule has 0 radical (unpaired) electrons. The second-order valence-corrected chi connectivity index (χ2v) is 5.29. The molecule has 0 spiro atoms. The van der Waals surface area contributed by atoms with E-state index >= 15 is 0 Å². The summed E-state index contributed by atoms with van der Waals surface area (Å²) < 4.78 is 5.32. The van der Waals surface area contributed by atoms with Crippen molar-refractivity contribution in [3.05, 3.63) is 0 Å². The van der Waals surface area contributed by atoms with Crippen molar-refractivity contribution in [2.45, 2.75) is 44.9 Å². The van der Waals surface area contributed by atoms with E-state index in [1.54, 1.807) is 0 Å². The van der Waals surface area contributed by atoms with Crippen LogP contribution in [0.5, 0.6) is 0 Å². The van der Waals surface area contributed by atoms with Gasteiger partial charge >= 0.3 is 5.97 Å². The lowest BCUT2D eigenvalue weighted by Gasteiger charge is -2.40. The number of aliphatic carboxylic acids is 1. The van der Waals surface area contributed by atoms with Crippen molar-refractivity contribution in [1.29, 1.82) is 0 Å². The Morgan fingerprint density at radius 3 is 2.47 bits per heavy atom. The Labute approximate surface area is 113 Å². The SMILES string of the molecule is CCN1CCN(C(=O)C2CCC(C(=O)O)O2)CC1C. The van der Waals surface area contributed by atoms with Gasteiger partial charge in [-0.25, -0.2) is 4.79 Å². The number of nitrogens with zero attached hydrogens (tertiary/aromatic N) is 2. The molecule has 2 saturated heterocycles. The molecule has 0 saturated carbocycles. The molecule has 0 bridgehead atoms. The molecular weight excluding hydrogens is 248 g/mol. The zero-order valence-corrected chi connectivity index (χ0v) is 11.5. The van der Waals surface area contributed by atoms with Crippen molar-refractivity contribution in [1.82, 2.24) is 9.80 Å². The summed E-state index contributed by atoms with van der Waals surface area (Å²) in [4.78, 5) is 27.3. The maximum Gasteiger partial charge on any atom is 0.332 e. The topological polar surface area (TPSA) is 70.1 Å². The number of rotatable bonds is 3. The zero-order chi connectivity index (χ0) is 14.0. The minimum Gasteiger partial charge on any atom is -0.479 e. The number of hydrogen-bond donors (Lipinski definition) is 1. The molecule has 1 amide bonds. The number of carbonyl (C=O) groups is 2. The van der Waals surface area contributed by atoms with E-state index < -0.39 is 18.2 Å². The van der Waals surface area contributed by atoms with Gasteiger partial charge in [0.1, 0.15) is 6.10 Å². The van der Waals surface area contributed by atoms with E-state index in [-0.39, 0.29) is 5.91 Å².